The molecule has 0 saturated carbocycles. The number of benzene rings is 5. The van der Waals surface area contributed by atoms with E-state index < -0.39 is 42.2 Å². The Bertz CT molecular complexity index is 2560. The van der Waals surface area contributed by atoms with Crippen LogP contribution in [0.1, 0.15) is 83.3 Å². The van der Waals surface area contributed by atoms with Crippen LogP contribution in [0.4, 0.5) is 4.79 Å². The number of aliphatic hydroxyl groups excluding tert-OH is 1. The smallest absolute Gasteiger partial charge is 0.412 e. The van der Waals surface area contributed by atoms with Gasteiger partial charge in [0.25, 0.3) is 11.8 Å². The molecule has 5 aromatic carbocycles. The molecule has 4 aliphatic heterocycles. The summed E-state index contributed by atoms with van der Waals surface area (Å²) < 4.78 is 30.5. The van der Waals surface area contributed by atoms with E-state index in [4.69, 9.17) is 23.7 Å². The number of carbonyl (C=O) groups is 3. The van der Waals surface area contributed by atoms with Gasteiger partial charge >= 0.3 is 6.09 Å². The molecule has 13 heteroatoms. The van der Waals surface area contributed by atoms with Crippen LogP contribution >= 0.6 is 0 Å². The summed E-state index contributed by atoms with van der Waals surface area (Å²) in [6.07, 6.45) is -1.79. The molecule has 10 rings (SSSR count). The van der Waals surface area contributed by atoms with E-state index in [0.29, 0.717) is 45.7 Å². The quantitative estimate of drug-likeness (QED) is 0.155. The minimum atomic E-state index is -1.44. The van der Waals surface area contributed by atoms with E-state index >= 15 is 4.79 Å². The highest BCUT2D eigenvalue weighted by molar-refractivity contribution is 6.21. The first-order chi connectivity index (χ1) is 29.2. The van der Waals surface area contributed by atoms with Gasteiger partial charge in [0.1, 0.15) is 18.5 Å². The number of hydrogen-bond acceptors (Lipinski definition) is 11. The van der Waals surface area contributed by atoms with Crippen LogP contribution in [0.2, 0.25) is 0 Å². The molecule has 4 heterocycles. The number of carbonyl (C=O) groups excluding carboxylic acids is 3. The third kappa shape index (κ3) is 5.41. The summed E-state index contributed by atoms with van der Waals surface area (Å²) in [6, 6.07) is 22.2. The molecule has 3 N–H and O–H groups in total. The fourth-order valence-electron chi connectivity index (χ4n) is 10.3. The van der Waals surface area contributed by atoms with E-state index in [1.54, 1.807) is 24.3 Å². The average Bonchev–Trinajstić information content (AvgIpc) is 3.95. The molecular formula is C47H43N3O10. The number of aliphatic hydroxyl groups is 1. The van der Waals surface area contributed by atoms with Crippen molar-refractivity contribution in [1.29, 1.82) is 0 Å². The van der Waals surface area contributed by atoms with Gasteiger partial charge in [0.2, 0.25) is 6.79 Å². The van der Waals surface area contributed by atoms with Crippen LogP contribution in [0, 0.1) is 13.8 Å². The molecular weight excluding hydrogens is 767 g/mol. The van der Waals surface area contributed by atoms with Crippen molar-refractivity contribution in [2.24, 2.45) is 0 Å². The molecule has 0 aromatic heterocycles. The average molecular weight is 810 g/mol. The first-order valence-electron chi connectivity index (χ1n) is 20.0. The van der Waals surface area contributed by atoms with Crippen LogP contribution in [0.25, 0.3) is 11.1 Å². The maximum absolute atomic E-state index is 15.5. The molecule has 60 heavy (non-hydrogen) atoms. The Kier molecular flexibility index (Phi) is 8.99. The highest BCUT2D eigenvalue weighted by Gasteiger charge is 2.55. The molecule has 1 aliphatic carbocycles. The zero-order valence-electron chi connectivity index (χ0n) is 33.5. The Balaban J connectivity index is 1.19. The second kappa shape index (κ2) is 14.3. The first kappa shape index (κ1) is 37.7. The Morgan fingerprint density at radius 3 is 2.03 bits per heavy atom. The molecule has 5 aromatic rings. The SMILES string of the molecule is COc1c(C)cc2c(c1O)[C@H]([C@@H]1Cc3c(OC)c(C)c4c(c3[C@H](N3C(=O)c5ccccc5C3=O)N1C(=O)OCC1c3ccccc3-c3ccccc31)OCO4)NC(CO)C2. The molecule has 1 unspecified atom stereocenters. The summed E-state index contributed by atoms with van der Waals surface area (Å²) in [5.41, 5.74) is 7.98. The molecule has 5 aliphatic rings. The minimum absolute atomic E-state index is 0.0566. The Morgan fingerprint density at radius 1 is 0.817 bits per heavy atom. The third-order valence-electron chi connectivity index (χ3n) is 12.8. The molecule has 0 bridgehead atoms. The maximum atomic E-state index is 15.5. The zero-order chi connectivity index (χ0) is 41.6. The van der Waals surface area contributed by atoms with Crippen molar-refractivity contribution in [3.63, 3.8) is 0 Å². The lowest BCUT2D eigenvalue weighted by Gasteiger charge is -2.50. The van der Waals surface area contributed by atoms with Crippen molar-refractivity contribution >= 4 is 17.9 Å². The van der Waals surface area contributed by atoms with Crippen molar-refractivity contribution in [3.05, 3.63) is 134 Å². The van der Waals surface area contributed by atoms with Crippen molar-refractivity contribution in [2.45, 2.75) is 56.9 Å². The van der Waals surface area contributed by atoms with Crippen molar-refractivity contribution in [3.8, 4) is 39.9 Å². The standard InChI is InChI=1S/C47H43N3O10/c1-23-17-25-18-26(20-51)48-38(36(25)39(52)40(23)56-3)35-19-33-37(43-42(59-22-60-43)24(2)41(33)57-4)44(50-45(53)31-15-9-10-16-32(31)46(50)54)49(35)47(55)58-21-34-29-13-7-5-11-27(29)28-12-6-8-14-30(28)34/h5-17,26,34-35,38,44,48,51-52H,18-22H2,1-4H3/t26?,35-,38-,44-/m0/s1. The summed E-state index contributed by atoms with van der Waals surface area (Å²) >= 11 is 0. The molecule has 306 valence electrons. The van der Waals surface area contributed by atoms with Crippen molar-refractivity contribution in [1.82, 2.24) is 15.1 Å². The van der Waals surface area contributed by atoms with E-state index in [1.165, 1.54) is 19.1 Å². The van der Waals surface area contributed by atoms with Gasteiger partial charge in [0, 0.05) is 34.2 Å². The number of imide groups is 1. The first-order valence-corrected chi connectivity index (χ1v) is 20.0. The summed E-state index contributed by atoms with van der Waals surface area (Å²) in [6.45, 7) is 3.23. The number of aryl methyl sites for hydroxylation is 1. The van der Waals surface area contributed by atoms with E-state index in [0.717, 1.165) is 32.7 Å². The summed E-state index contributed by atoms with van der Waals surface area (Å²) in [7, 11) is 3.01. The number of amides is 3. The third-order valence-corrected chi connectivity index (χ3v) is 12.8. The second-order valence-corrected chi connectivity index (χ2v) is 15.9. The Hall–Kier alpha value is -6.57. The van der Waals surface area contributed by atoms with E-state index in [2.05, 4.69) is 17.4 Å². The number of rotatable bonds is 7. The summed E-state index contributed by atoms with van der Waals surface area (Å²) in [5, 5.41) is 26.3. The van der Waals surface area contributed by atoms with Gasteiger partial charge in [-0.15, -0.1) is 0 Å². The maximum Gasteiger partial charge on any atom is 0.412 e. The Morgan fingerprint density at radius 2 is 1.42 bits per heavy atom. The van der Waals surface area contributed by atoms with Gasteiger partial charge in [-0.05, 0) is 72.2 Å². The summed E-state index contributed by atoms with van der Waals surface area (Å²) in [4.78, 5) is 47.5. The summed E-state index contributed by atoms with van der Waals surface area (Å²) in [5.74, 6) is -0.285. The van der Waals surface area contributed by atoms with Crippen LogP contribution < -0.4 is 24.3 Å². The molecule has 0 spiro atoms. The van der Waals surface area contributed by atoms with Crippen molar-refractivity contribution in [2.75, 3.05) is 34.2 Å². The highest BCUT2D eigenvalue weighted by atomic mass is 16.7. The number of fused-ring (bicyclic) bond motifs is 8. The van der Waals surface area contributed by atoms with Crippen LogP contribution in [0.3, 0.4) is 0 Å². The van der Waals surface area contributed by atoms with Gasteiger partial charge < -0.3 is 39.2 Å². The zero-order valence-corrected chi connectivity index (χ0v) is 33.5. The van der Waals surface area contributed by atoms with Crippen molar-refractivity contribution < 1.29 is 48.3 Å². The number of ether oxygens (including phenoxy) is 5. The fourth-order valence-corrected chi connectivity index (χ4v) is 10.3. The highest BCUT2D eigenvalue weighted by Crippen LogP contribution is 2.56. The number of nitrogens with zero attached hydrogens (tertiary/aromatic N) is 2. The van der Waals surface area contributed by atoms with Gasteiger partial charge in [0.15, 0.2) is 23.0 Å². The minimum Gasteiger partial charge on any atom is -0.504 e. The second-order valence-electron chi connectivity index (χ2n) is 15.9. The lowest BCUT2D eigenvalue weighted by atomic mass is 9.78. The van der Waals surface area contributed by atoms with Gasteiger partial charge in [-0.2, -0.15) is 0 Å². The monoisotopic (exact) mass is 809 g/mol. The van der Waals surface area contributed by atoms with Gasteiger partial charge in [-0.25, -0.2) is 9.69 Å². The molecule has 13 nitrogen and oxygen atoms in total. The van der Waals surface area contributed by atoms with E-state index in [-0.39, 0.29) is 60.7 Å². The normalized spacial score (nSPS) is 20.9. The topological polar surface area (TPSA) is 156 Å². The largest absolute Gasteiger partial charge is 0.504 e. The van der Waals surface area contributed by atoms with E-state index in [1.807, 2.05) is 56.3 Å². The van der Waals surface area contributed by atoms with Crippen LogP contribution in [0.15, 0.2) is 78.9 Å². The fraction of sp³-hybridized carbons (Fsp3) is 0.298. The molecule has 0 fully saturated rings. The molecule has 0 saturated heterocycles. The van der Waals surface area contributed by atoms with Crippen LogP contribution in [-0.4, -0.2) is 84.2 Å². The Labute approximate surface area is 346 Å². The predicted molar refractivity (Wildman–Crippen MR) is 218 cm³/mol. The van der Waals surface area contributed by atoms with Gasteiger partial charge in [-0.3, -0.25) is 14.5 Å². The molecule has 0 radical (unpaired) electrons. The lowest BCUT2D eigenvalue weighted by Crippen LogP contribution is -2.60. The van der Waals surface area contributed by atoms with Gasteiger partial charge in [-0.1, -0.05) is 66.7 Å². The molecule has 4 atom stereocenters. The number of hydrogen-bond donors (Lipinski definition) is 3. The lowest BCUT2D eigenvalue weighted by molar-refractivity contribution is -0.00598. The number of nitrogens with one attached hydrogen (secondary N) is 1. The van der Waals surface area contributed by atoms with Crippen LogP contribution in [-0.2, 0) is 17.6 Å². The van der Waals surface area contributed by atoms with Gasteiger partial charge in [0.05, 0.1) is 44.0 Å². The number of aromatic hydroxyl groups is 1. The molecule has 3 amide bonds. The number of phenols is 1. The van der Waals surface area contributed by atoms with E-state index in [9.17, 15) is 19.8 Å². The predicted octanol–water partition coefficient (Wildman–Crippen LogP) is 6.47. The van der Waals surface area contributed by atoms with Crippen LogP contribution in [0.5, 0.6) is 28.7 Å². The number of methoxy groups -OCH3 is 2. The number of phenolic OH excluding ortho intramolecular Hbond substituents is 1.